The average molecular weight is 299 g/mol. The average Bonchev–Trinajstić information content (AvgIpc) is 2.61. The van der Waals surface area contributed by atoms with Crippen LogP contribution in [0.2, 0.25) is 0 Å². The molecule has 0 spiro atoms. The summed E-state index contributed by atoms with van der Waals surface area (Å²) in [6.45, 7) is 1.67. The van der Waals surface area contributed by atoms with Gasteiger partial charge in [0.2, 0.25) is 0 Å². The second-order valence-corrected chi connectivity index (χ2v) is 4.40. The van der Waals surface area contributed by atoms with Crippen LogP contribution in [0.25, 0.3) is 5.69 Å². The van der Waals surface area contributed by atoms with Gasteiger partial charge in [-0.2, -0.15) is 5.10 Å². The molecule has 0 aliphatic rings. The molecule has 0 aliphatic heterocycles. The maximum atomic E-state index is 13.7. The molecule has 0 fully saturated rings. The van der Waals surface area contributed by atoms with Gasteiger partial charge in [-0.15, -0.1) is 0 Å². The Kier molecular flexibility index (Phi) is 2.97. The van der Waals surface area contributed by atoms with E-state index in [0.29, 0.717) is 10.2 Å². The topological polar surface area (TPSA) is 55.1 Å². The van der Waals surface area contributed by atoms with E-state index in [2.05, 4.69) is 21.0 Å². The van der Waals surface area contributed by atoms with Gasteiger partial charge in [-0.1, -0.05) is 15.9 Å². The smallest absolute Gasteiger partial charge is 0.356 e. The van der Waals surface area contributed by atoms with Gasteiger partial charge in [0.15, 0.2) is 5.69 Å². The maximum absolute atomic E-state index is 13.7. The predicted molar refractivity (Wildman–Crippen MR) is 62.9 cm³/mol. The molecule has 2 rings (SSSR count). The molecular formula is C11H8BrFN2O2. The Balaban J connectivity index is 2.56. The molecule has 1 N–H and O–H groups in total. The minimum atomic E-state index is -1.13. The van der Waals surface area contributed by atoms with Crippen molar-refractivity contribution in [3.63, 3.8) is 0 Å². The summed E-state index contributed by atoms with van der Waals surface area (Å²) < 4.78 is 15.6. The van der Waals surface area contributed by atoms with E-state index in [4.69, 9.17) is 5.11 Å². The summed E-state index contributed by atoms with van der Waals surface area (Å²) in [6.07, 6.45) is 0. The Morgan fingerprint density at radius 1 is 1.47 bits per heavy atom. The quantitative estimate of drug-likeness (QED) is 0.927. The standard InChI is InChI=1S/C11H8BrFN2O2/c1-6-4-9(11(16)17)14-15(6)10-3-2-7(12)5-8(10)13/h2-5H,1H3,(H,16,17). The SMILES string of the molecule is Cc1cc(C(=O)O)nn1-c1ccc(Br)cc1F. The van der Waals surface area contributed by atoms with Gasteiger partial charge in [-0.05, 0) is 31.2 Å². The van der Waals surface area contributed by atoms with Gasteiger partial charge in [-0.25, -0.2) is 13.9 Å². The molecule has 0 unspecified atom stereocenters. The van der Waals surface area contributed by atoms with Crippen molar-refractivity contribution in [3.05, 3.63) is 45.9 Å². The lowest BCUT2D eigenvalue weighted by Crippen LogP contribution is -2.04. The zero-order valence-corrected chi connectivity index (χ0v) is 10.4. The van der Waals surface area contributed by atoms with Crippen molar-refractivity contribution in [1.29, 1.82) is 0 Å². The lowest BCUT2D eigenvalue weighted by atomic mass is 10.3. The first kappa shape index (κ1) is 11.8. The van der Waals surface area contributed by atoms with Crippen molar-refractivity contribution in [2.45, 2.75) is 6.92 Å². The van der Waals surface area contributed by atoms with Crippen LogP contribution in [-0.2, 0) is 0 Å². The number of aryl methyl sites for hydroxylation is 1. The number of aromatic nitrogens is 2. The summed E-state index contributed by atoms with van der Waals surface area (Å²) in [5, 5.41) is 12.6. The van der Waals surface area contributed by atoms with Crippen LogP contribution >= 0.6 is 15.9 Å². The minimum Gasteiger partial charge on any atom is -0.476 e. The van der Waals surface area contributed by atoms with Crippen LogP contribution in [-0.4, -0.2) is 20.9 Å². The Hall–Kier alpha value is -1.69. The zero-order valence-electron chi connectivity index (χ0n) is 8.82. The third kappa shape index (κ3) is 2.21. The number of carboxylic acid groups (broad SMARTS) is 1. The largest absolute Gasteiger partial charge is 0.476 e. The highest BCUT2D eigenvalue weighted by atomic mass is 79.9. The summed E-state index contributed by atoms with van der Waals surface area (Å²) in [4.78, 5) is 10.8. The molecule has 0 amide bonds. The molecule has 6 heteroatoms. The zero-order chi connectivity index (χ0) is 12.6. The van der Waals surface area contributed by atoms with Crippen LogP contribution in [0.15, 0.2) is 28.7 Å². The third-order valence-corrected chi connectivity index (χ3v) is 2.74. The highest BCUT2D eigenvalue weighted by Gasteiger charge is 2.14. The number of nitrogens with zero attached hydrogens (tertiary/aromatic N) is 2. The number of carboxylic acids is 1. The fraction of sp³-hybridized carbons (Fsp3) is 0.0909. The van der Waals surface area contributed by atoms with E-state index in [1.54, 1.807) is 13.0 Å². The second-order valence-electron chi connectivity index (χ2n) is 3.48. The molecule has 1 aromatic carbocycles. The number of aromatic carboxylic acids is 1. The fourth-order valence-electron chi connectivity index (χ4n) is 1.48. The highest BCUT2D eigenvalue weighted by molar-refractivity contribution is 9.10. The monoisotopic (exact) mass is 298 g/mol. The summed E-state index contributed by atoms with van der Waals surface area (Å²) >= 11 is 3.15. The second kappa shape index (κ2) is 4.29. The molecule has 1 aromatic heterocycles. The molecule has 0 aliphatic carbocycles. The minimum absolute atomic E-state index is 0.107. The van der Waals surface area contributed by atoms with Gasteiger partial charge in [0, 0.05) is 10.2 Å². The maximum Gasteiger partial charge on any atom is 0.356 e. The number of rotatable bonds is 2. The number of carbonyl (C=O) groups is 1. The molecule has 0 radical (unpaired) electrons. The van der Waals surface area contributed by atoms with Gasteiger partial charge < -0.3 is 5.11 Å². The van der Waals surface area contributed by atoms with Crippen LogP contribution in [0.1, 0.15) is 16.2 Å². The van der Waals surface area contributed by atoms with E-state index >= 15 is 0 Å². The van der Waals surface area contributed by atoms with Gasteiger partial charge in [0.25, 0.3) is 0 Å². The Bertz CT molecular complexity index is 595. The van der Waals surface area contributed by atoms with E-state index in [0.717, 1.165) is 0 Å². The van der Waals surface area contributed by atoms with Crippen LogP contribution < -0.4 is 0 Å². The van der Waals surface area contributed by atoms with E-state index in [1.165, 1.54) is 22.9 Å². The molecule has 0 saturated heterocycles. The van der Waals surface area contributed by atoms with Crippen molar-refractivity contribution >= 4 is 21.9 Å². The Morgan fingerprint density at radius 2 is 2.18 bits per heavy atom. The molecule has 2 aromatic rings. The third-order valence-electron chi connectivity index (χ3n) is 2.24. The molecular weight excluding hydrogens is 291 g/mol. The van der Waals surface area contributed by atoms with E-state index in [9.17, 15) is 9.18 Å². The first-order valence-electron chi connectivity index (χ1n) is 4.74. The van der Waals surface area contributed by atoms with Crippen LogP contribution in [0.4, 0.5) is 4.39 Å². The van der Waals surface area contributed by atoms with Crippen molar-refractivity contribution in [3.8, 4) is 5.69 Å². The molecule has 0 atom stereocenters. The van der Waals surface area contributed by atoms with E-state index < -0.39 is 11.8 Å². The lowest BCUT2D eigenvalue weighted by molar-refractivity contribution is 0.0690. The first-order valence-corrected chi connectivity index (χ1v) is 5.53. The molecule has 0 bridgehead atoms. The molecule has 0 saturated carbocycles. The van der Waals surface area contributed by atoms with E-state index in [-0.39, 0.29) is 11.4 Å². The normalized spacial score (nSPS) is 10.5. The number of halogens is 2. The van der Waals surface area contributed by atoms with Gasteiger partial charge in [0.05, 0.1) is 0 Å². The molecule has 88 valence electrons. The molecule has 1 heterocycles. The lowest BCUT2D eigenvalue weighted by Gasteiger charge is -2.05. The summed E-state index contributed by atoms with van der Waals surface area (Å²) in [6, 6.07) is 5.89. The van der Waals surface area contributed by atoms with Crippen LogP contribution in [0.5, 0.6) is 0 Å². The van der Waals surface area contributed by atoms with Gasteiger partial charge in [-0.3, -0.25) is 0 Å². The van der Waals surface area contributed by atoms with Gasteiger partial charge >= 0.3 is 5.97 Å². The van der Waals surface area contributed by atoms with Crippen molar-refractivity contribution in [2.75, 3.05) is 0 Å². The number of hydrogen-bond donors (Lipinski definition) is 1. The Labute approximate surface area is 105 Å². The summed E-state index contributed by atoms with van der Waals surface area (Å²) in [5.74, 6) is -1.60. The van der Waals surface area contributed by atoms with Gasteiger partial charge in [0.1, 0.15) is 11.5 Å². The van der Waals surface area contributed by atoms with Crippen molar-refractivity contribution < 1.29 is 14.3 Å². The van der Waals surface area contributed by atoms with Crippen molar-refractivity contribution in [2.24, 2.45) is 0 Å². The predicted octanol–water partition coefficient (Wildman–Crippen LogP) is 2.78. The Morgan fingerprint density at radius 3 is 2.71 bits per heavy atom. The number of hydrogen-bond acceptors (Lipinski definition) is 2. The highest BCUT2D eigenvalue weighted by Crippen LogP contribution is 2.20. The van der Waals surface area contributed by atoms with Crippen LogP contribution in [0.3, 0.4) is 0 Å². The fourth-order valence-corrected chi connectivity index (χ4v) is 1.81. The summed E-state index contributed by atoms with van der Waals surface area (Å²) in [7, 11) is 0. The van der Waals surface area contributed by atoms with Crippen LogP contribution in [0, 0.1) is 12.7 Å². The number of benzene rings is 1. The molecule has 17 heavy (non-hydrogen) atoms. The summed E-state index contributed by atoms with van der Waals surface area (Å²) in [5.41, 5.74) is 0.673. The van der Waals surface area contributed by atoms with Crippen molar-refractivity contribution in [1.82, 2.24) is 9.78 Å². The van der Waals surface area contributed by atoms with E-state index in [1.807, 2.05) is 0 Å². The molecule has 4 nitrogen and oxygen atoms in total. The first-order chi connectivity index (χ1) is 7.99.